The molecule has 0 bridgehead atoms. The minimum atomic E-state index is -0.199. The number of furan rings is 2. The average molecular weight is 577 g/mol. The zero-order valence-electron chi connectivity index (χ0n) is 23.2. The van der Waals surface area contributed by atoms with Gasteiger partial charge in [-0.3, -0.25) is 9.59 Å². The van der Waals surface area contributed by atoms with E-state index in [9.17, 15) is 9.59 Å². The summed E-state index contributed by atoms with van der Waals surface area (Å²) in [5.74, 6) is 1.32. The van der Waals surface area contributed by atoms with Crippen LogP contribution in [0.4, 0.5) is 0 Å². The lowest BCUT2D eigenvalue weighted by atomic mass is 10.00. The Labute approximate surface area is 250 Å². The molecule has 0 radical (unpaired) electrons. The Hall–Kier alpha value is -6.28. The Morgan fingerprint density at radius 3 is 1.09 bits per heavy atom. The Morgan fingerprint density at radius 1 is 0.432 bits per heavy atom. The van der Waals surface area contributed by atoms with Gasteiger partial charge in [0, 0.05) is 22.3 Å². The van der Waals surface area contributed by atoms with Crippen molar-refractivity contribution >= 4 is 22.2 Å². The molecule has 0 aliphatic carbocycles. The SMILES string of the molecule is O=c1[nH]cnc2oc(-c3ccccc3)c(-c3ccccc3)c12.O=c1[nH]cnc2oc(-c3ccccc3)c(-c3ccccc3)c12. The van der Waals surface area contributed by atoms with Crippen LogP contribution in [-0.2, 0) is 0 Å². The van der Waals surface area contributed by atoms with Gasteiger partial charge in [0.25, 0.3) is 11.1 Å². The number of aromatic nitrogens is 4. The second-order valence-electron chi connectivity index (χ2n) is 9.90. The number of nitrogens with zero attached hydrogens (tertiary/aromatic N) is 2. The van der Waals surface area contributed by atoms with Crippen molar-refractivity contribution < 1.29 is 8.83 Å². The van der Waals surface area contributed by atoms with Crippen LogP contribution in [0.15, 0.2) is 152 Å². The molecule has 8 heteroatoms. The number of rotatable bonds is 4. The zero-order chi connectivity index (χ0) is 29.9. The number of H-pyrrole nitrogens is 2. The van der Waals surface area contributed by atoms with Gasteiger partial charge in [0.15, 0.2) is 0 Å². The van der Waals surface area contributed by atoms with Crippen molar-refractivity contribution in [3.63, 3.8) is 0 Å². The van der Waals surface area contributed by atoms with Crippen molar-refractivity contribution in [2.24, 2.45) is 0 Å². The predicted molar refractivity (Wildman–Crippen MR) is 171 cm³/mol. The summed E-state index contributed by atoms with van der Waals surface area (Å²) in [7, 11) is 0. The van der Waals surface area contributed by atoms with Crippen LogP contribution >= 0.6 is 0 Å². The van der Waals surface area contributed by atoms with Gasteiger partial charge in [-0.05, 0) is 11.1 Å². The minimum absolute atomic E-state index is 0.199. The molecule has 4 aromatic carbocycles. The van der Waals surface area contributed by atoms with Gasteiger partial charge in [-0.1, -0.05) is 121 Å². The van der Waals surface area contributed by atoms with Gasteiger partial charge in [0.2, 0.25) is 11.4 Å². The highest BCUT2D eigenvalue weighted by Crippen LogP contribution is 2.39. The van der Waals surface area contributed by atoms with Gasteiger partial charge in [0.1, 0.15) is 22.3 Å². The second-order valence-corrected chi connectivity index (χ2v) is 9.90. The van der Waals surface area contributed by atoms with E-state index >= 15 is 0 Å². The monoisotopic (exact) mass is 576 g/mol. The summed E-state index contributed by atoms with van der Waals surface area (Å²) in [4.78, 5) is 38.1. The highest BCUT2D eigenvalue weighted by Gasteiger charge is 2.21. The van der Waals surface area contributed by atoms with Crippen LogP contribution in [0.2, 0.25) is 0 Å². The first kappa shape index (κ1) is 26.6. The van der Waals surface area contributed by atoms with Crippen LogP contribution in [0.3, 0.4) is 0 Å². The molecule has 4 aromatic heterocycles. The Morgan fingerprint density at radius 2 is 0.750 bits per heavy atom. The highest BCUT2D eigenvalue weighted by molar-refractivity contribution is 6.00. The lowest BCUT2D eigenvalue weighted by molar-refractivity contribution is 0.617. The summed E-state index contributed by atoms with van der Waals surface area (Å²) in [6.07, 6.45) is 2.72. The first-order chi connectivity index (χ1) is 21.7. The van der Waals surface area contributed by atoms with Crippen LogP contribution in [0.1, 0.15) is 0 Å². The maximum Gasteiger partial charge on any atom is 0.262 e. The third-order valence-electron chi connectivity index (χ3n) is 7.19. The fraction of sp³-hybridized carbons (Fsp3) is 0. The minimum Gasteiger partial charge on any atom is -0.437 e. The van der Waals surface area contributed by atoms with Crippen molar-refractivity contribution in [1.29, 1.82) is 0 Å². The smallest absolute Gasteiger partial charge is 0.262 e. The number of fused-ring (bicyclic) bond motifs is 2. The topological polar surface area (TPSA) is 118 Å². The summed E-state index contributed by atoms with van der Waals surface area (Å²) < 4.78 is 11.8. The molecular formula is C36H24N4O4. The first-order valence-corrected chi connectivity index (χ1v) is 13.9. The molecule has 0 spiro atoms. The molecule has 0 unspecified atom stereocenters. The van der Waals surface area contributed by atoms with E-state index in [1.807, 2.05) is 121 Å². The molecule has 0 saturated carbocycles. The number of aromatic amines is 2. The number of benzene rings is 4. The number of nitrogens with one attached hydrogen (secondary N) is 2. The normalized spacial score (nSPS) is 10.9. The van der Waals surface area contributed by atoms with Crippen LogP contribution in [-0.4, -0.2) is 19.9 Å². The van der Waals surface area contributed by atoms with Crippen LogP contribution in [0.25, 0.3) is 67.1 Å². The van der Waals surface area contributed by atoms with Gasteiger partial charge in [0.05, 0.1) is 12.7 Å². The average Bonchev–Trinajstić information content (AvgIpc) is 3.68. The summed E-state index contributed by atoms with van der Waals surface area (Å²) in [6, 6.07) is 39.0. The molecule has 212 valence electrons. The van der Waals surface area contributed by atoms with E-state index in [1.54, 1.807) is 0 Å². The van der Waals surface area contributed by atoms with E-state index in [4.69, 9.17) is 8.83 Å². The Bertz CT molecular complexity index is 2140. The van der Waals surface area contributed by atoms with E-state index in [0.29, 0.717) is 33.7 Å². The van der Waals surface area contributed by atoms with Crippen LogP contribution in [0, 0.1) is 0 Å². The quantitative estimate of drug-likeness (QED) is 0.222. The van der Waals surface area contributed by atoms with Crippen molar-refractivity contribution in [2.75, 3.05) is 0 Å². The van der Waals surface area contributed by atoms with Crippen molar-refractivity contribution in [3.8, 4) is 44.9 Å². The molecule has 0 atom stereocenters. The largest absolute Gasteiger partial charge is 0.437 e. The summed E-state index contributed by atoms with van der Waals surface area (Å²) >= 11 is 0. The standard InChI is InChI=1S/2C18H12N2O2/c2*21-17-15-14(12-7-3-1-4-8-12)16(13-9-5-2-6-10-13)22-18(15)20-11-19-17/h2*1-11H,(H,19,20,21). The molecule has 0 aliphatic heterocycles. The molecule has 2 N–H and O–H groups in total. The fourth-order valence-electron chi connectivity index (χ4n) is 5.23. The van der Waals surface area contributed by atoms with Crippen LogP contribution in [0.5, 0.6) is 0 Å². The maximum atomic E-state index is 12.3. The second kappa shape index (κ2) is 11.5. The van der Waals surface area contributed by atoms with Gasteiger partial charge >= 0.3 is 0 Å². The first-order valence-electron chi connectivity index (χ1n) is 13.9. The third kappa shape index (κ3) is 4.90. The fourth-order valence-corrected chi connectivity index (χ4v) is 5.23. The van der Waals surface area contributed by atoms with E-state index < -0.39 is 0 Å². The zero-order valence-corrected chi connectivity index (χ0v) is 23.2. The van der Waals surface area contributed by atoms with Crippen molar-refractivity contribution in [2.45, 2.75) is 0 Å². The lowest BCUT2D eigenvalue weighted by Gasteiger charge is -2.03. The predicted octanol–water partition coefficient (Wildman–Crippen LogP) is 7.70. The molecule has 0 amide bonds. The molecule has 0 aliphatic rings. The van der Waals surface area contributed by atoms with Crippen molar-refractivity contribution in [3.05, 3.63) is 155 Å². The van der Waals surface area contributed by atoms with E-state index in [0.717, 1.165) is 33.4 Å². The molecule has 0 saturated heterocycles. The summed E-state index contributed by atoms with van der Waals surface area (Å²) in [6.45, 7) is 0. The Balaban J connectivity index is 0.000000142. The third-order valence-corrected chi connectivity index (χ3v) is 7.19. The maximum absolute atomic E-state index is 12.3. The van der Waals surface area contributed by atoms with Gasteiger partial charge in [-0.2, -0.15) is 0 Å². The molecule has 8 nitrogen and oxygen atoms in total. The molecule has 8 rings (SSSR count). The van der Waals surface area contributed by atoms with Crippen LogP contribution < -0.4 is 11.1 Å². The molecule has 44 heavy (non-hydrogen) atoms. The summed E-state index contributed by atoms with van der Waals surface area (Å²) in [5, 5.41) is 0.958. The van der Waals surface area contributed by atoms with E-state index in [1.165, 1.54) is 12.7 Å². The van der Waals surface area contributed by atoms with E-state index in [-0.39, 0.29) is 11.1 Å². The molecule has 8 aromatic rings. The van der Waals surface area contributed by atoms with E-state index in [2.05, 4.69) is 19.9 Å². The highest BCUT2D eigenvalue weighted by atomic mass is 16.3. The Kier molecular flexibility index (Phi) is 6.98. The molecule has 4 heterocycles. The number of hydrogen-bond acceptors (Lipinski definition) is 6. The van der Waals surface area contributed by atoms with Gasteiger partial charge in [-0.15, -0.1) is 0 Å². The molecular weight excluding hydrogens is 552 g/mol. The number of hydrogen-bond donors (Lipinski definition) is 2. The molecule has 0 fully saturated rings. The summed E-state index contributed by atoms with van der Waals surface area (Å²) in [5.41, 5.74) is 5.54. The van der Waals surface area contributed by atoms with Crippen molar-refractivity contribution in [1.82, 2.24) is 19.9 Å². The van der Waals surface area contributed by atoms with Gasteiger partial charge in [-0.25, -0.2) is 9.97 Å². The van der Waals surface area contributed by atoms with Gasteiger partial charge < -0.3 is 18.8 Å². The lowest BCUT2D eigenvalue weighted by Crippen LogP contribution is -2.05.